The van der Waals surface area contributed by atoms with Gasteiger partial charge in [-0.1, -0.05) is 47.1 Å². The predicted octanol–water partition coefficient (Wildman–Crippen LogP) is 4.25. The number of carbonyl (C=O) groups excluding carboxylic acids is 3. The molecule has 3 atom stereocenters. The number of aliphatic carboxylic acids is 1. The second-order valence-electron chi connectivity index (χ2n) is 9.67. The van der Waals surface area contributed by atoms with Crippen LogP contribution in [0.1, 0.15) is 73.3 Å². The normalized spacial score (nSPS) is 14.5. The largest absolute Gasteiger partial charge is 0.508 e. The van der Waals surface area contributed by atoms with Crippen molar-refractivity contribution in [2.45, 2.75) is 91.9 Å². The summed E-state index contributed by atoms with van der Waals surface area (Å²) in [6.45, 7) is 11.9. The molecule has 0 aliphatic carbocycles. The maximum Gasteiger partial charge on any atom is 0.508 e. The lowest BCUT2D eigenvalue weighted by atomic mass is 9.86. The Morgan fingerprint density at radius 3 is 1.92 bits per heavy atom. The fourth-order valence-electron chi connectivity index (χ4n) is 3.25. The Morgan fingerprint density at radius 1 is 0.889 bits per heavy atom. The van der Waals surface area contributed by atoms with Gasteiger partial charge in [-0.15, -0.1) is 0 Å². The number of hydrogen-bond donors (Lipinski definition) is 2. The maximum absolute atomic E-state index is 12.2. The van der Waals surface area contributed by atoms with Gasteiger partial charge in [0, 0.05) is 12.8 Å². The maximum atomic E-state index is 12.2. The van der Waals surface area contributed by atoms with E-state index < -0.39 is 47.5 Å². The zero-order chi connectivity index (χ0) is 27.6. The third kappa shape index (κ3) is 9.85. The number of carboxylic acid groups (broad SMARTS) is 1. The van der Waals surface area contributed by atoms with Crippen LogP contribution < -0.4 is 15.2 Å². The van der Waals surface area contributed by atoms with Gasteiger partial charge in [0.1, 0.15) is 17.7 Å². The number of carbonyl (C=O) groups is 4. The molecule has 0 heterocycles. The molecule has 0 aliphatic rings. The van der Waals surface area contributed by atoms with Crippen LogP contribution in [0.2, 0.25) is 0 Å². The molecule has 3 N–H and O–H groups in total. The van der Waals surface area contributed by atoms with Crippen LogP contribution in [-0.4, -0.2) is 46.9 Å². The second-order valence-corrected chi connectivity index (χ2v) is 9.67. The Hall–Kier alpha value is -3.14. The van der Waals surface area contributed by atoms with Gasteiger partial charge in [0.2, 0.25) is 0 Å². The molecule has 0 bridgehead atoms. The molecule has 10 nitrogen and oxygen atoms in total. The van der Waals surface area contributed by atoms with Crippen molar-refractivity contribution in [3.05, 3.63) is 23.8 Å². The molecule has 36 heavy (non-hydrogen) atoms. The third-order valence-electron chi connectivity index (χ3n) is 5.26. The Bertz CT molecular complexity index is 928. The molecule has 2 unspecified atom stereocenters. The van der Waals surface area contributed by atoms with E-state index in [1.807, 2.05) is 6.92 Å². The Balaban J connectivity index is 3.11. The Labute approximate surface area is 212 Å². The first-order chi connectivity index (χ1) is 16.7. The molecule has 1 aromatic rings. The lowest BCUT2D eigenvalue weighted by Crippen LogP contribution is -2.52. The lowest BCUT2D eigenvalue weighted by molar-refractivity contribution is -0.145. The van der Waals surface area contributed by atoms with Crippen LogP contribution in [0.3, 0.4) is 0 Å². The molecule has 0 aromatic heterocycles. The van der Waals surface area contributed by atoms with E-state index in [2.05, 4.69) is 0 Å². The number of carboxylic acids is 1. The topological polar surface area (TPSA) is 151 Å². The second kappa shape index (κ2) is 13.8. The standard InChI is InChI=1S/C26H39NO9/c1-8-9-17(6)33-25(32)34-18(7)13-26(27,24(30)31)14-19-10-11-20(35-22(28)15(2)3)21(12-19)36-23(29)16(4)5/h10-12,15-18H,8-9,13-14,27H2,1-7H3,(H,30,31)/t17?,18-,26?/m0/s1. The van der Waals surface area contributed by atoms with Gasteiger partial charge < -0.3 is 29.8 Å². The summed E-state index contributed by atoms with van der Waals surface area (Å²) in [6, 6.07) is 4.37. The van der Waals surface area contributed by atoms with Crippen LogP contribution in [0.25, 0.3) is 0 Å². The van der Waals surface area contributed by atoms with E-state index in [9.17, 15) is 24.3 Å². The minimum atomic E-state index is -1.82. The first-order valence-electron chi connectivity index (χ1n) is 12.1. The number of rotatable bonds is 13. The summed E-state index contributed by atoms with van der Waals surface area (Å²) in [5.41, 5.74) is 4.84. The van der Waals surface area contributed by atoms with Gasteiger partial charge in [-0.3, -0.25) is 14.4 Å². The van der Waals surface area contributed by atoms with Gasteiger partial charge >= 0.3 is 24.1 Å². The molecule has 0 saturated carbocycles. The van der Waals surface area contributed by atoms with E-state index in [-0.39, 0.29) is 30.4 Å². The first kappa shape index (κ1) is 30.9. The fourth-order valence-corrected chi connectivity index (χ4v) is 3.25. The quantitative estimate of drug-likeness (QED) is 0.291. The molecule has 0 spiro atoms. The summed E-state index contributed by atoms with van der Waals surface area (Å²) in [5, 5.41) is 9.86. The molecular weight excluding hydrogens is 470 g/mol. The van der Waals surface area contributed by atoms with E-state index in [1.54, 1.807) is 34.6 Å². The zero-order valence-corrected chi connectivity index (χ0v) is 22.2. The summed E-state index contributed by atoms with van der Waals surface area (Å²) >= 11 is 0. The van der Waals surface area contributed by atoms with Crippen LogP contribution in [-0.2, 0) is 30.3 Å². The SMILES string of the molecule is CCCC(C)OC(=O)O[C@@H](C)CC(N)(Cc1ccc(OC(=O)C(C)C)c(OC(=O)C(C)C)c1)C(=O)O. The molecule has 10 heteroatoms. The van der Waals surface area contributed by atoms with Gasteiger partial charge in [-0.05, 0) is 38.0 Å². The summed E-state index contributed by atoms with van der Waals surface area (Å²) < 4.78 is 21.1. The van der Waals surface area contributed by atoms with Crippen LogP contribution >= 0.6 is 0 Å². The van der Waals surface area contributed by atoms with Crippen molar-refractivity contribution in [2.75, 3.05) is 0 Å². The minimum absolute atomic E-state index is 0.0225. The van der Waals surface area contributed by atoms with E-state index in [0.29, 0.717) is 12.0 Å². The van der Waals surface area contributed by atoms with Crippen molar-refractivity contribution in [3.8, 4) is 11.5 Å². The highest BCUT2D eigenvalue weighted by Crippen LogP contribution is 2.32. The van der Waals surface area contributed by atoms with E-state index >= 15 is 0 Å². The van der Waals surface area contributed by atoms with Crippen molar-refractivity contribution in [1.82, 2.24) is 0 Å². The molecule has 0 saturated heterocycles. The number of nitrogens with two attached hydrogens (primary N) is 1. The highest BCUT2D eigenvalue weighted by Gasteiger charge is 2.37. The van der Waals surface area contributed by atoms with Crippen LogP contribution in [0.15, 0.2) is 18.2 Å². The van der Waals surface area contributed by atoms with Gasteiger partial charge in [-0.25, -0.2) is 4.79 Å². The van der Waals surface area contributed by atoms with Crippen molar-refractivity contribution in [3.63, 3.8) is 0 Å². The van der Waals surface area contributed by atoms with Gasteiger partial charge in [0.25, 0.3) is 0 Å². The van der Waals surface area contributed by atoms with Crippen LogP contribution in [0.4, 0.5) is 4.79 Å². The van der Waals surface area contributed by atoms with E-state index in [1.165, 1.54) is 25.1 Å². The molecule has 202 valence electrons. The van der Waals surface area contributed by atoms with Crippen molar-refractivity contribution in [1.29, 1.82) is 0 Å². The summed E-state index contributed by atoms with van der Waals surface area (Å²) in [5.74, 6) is -3.23. The van der Waals surface area contributed by atoms with Gasteiger partial charge in [0.15, 0.2) is 11.5 Å². The number of hydrogen-bond acceptors (Lipinski definition) is 9. The molecular formula is C26H39NO9. The van der Waals surface area contributed by atoms with Crippen LogP contribution in [0, 0.1) is 11.8 Å². The average Bonchev–Trinajstić information content (AvgIpc) is 2.74. The minimum Gasteiger partial charge on any atom is -0.480 e. The van der Waals surface area contributed by atoms with E-state index in [0.717, 1.165) is 6.42 Å². The lowest BCUT2D eigenvalue weighted by Gasteiger charge is -2.28. The summed E-state index contributed by atoms with van der Waals surface area (Å²) in [7, 11) is 0. The highest BCUT2D eigenvalue weighted by atomic mass is 16.7. The highest BCUT2D eigenvalue weighted by molar-refractivity contribution is 5.80. The number of ether oxygens (including phenoxy) is 4. The van der Waals surface area contributed by atoms with Gasteiger partial charge in [-0.2, -0.15) is 0 Å². The first-order valence-corrected chi connectivity index (χ1v) is 12.1. The molecule has 1 rings (SSSR count). The number of esters is 2. The third-order valence-corrected chi connectivity index (χ3v) is 5.26. The zero-order valence-electron chi connectivity index (χ0n) is 22.2. The van der Waals surface area contributed by atoms with Crippen molar-refractivity contribution < 1.29 is 43.2 Å². The summed E-state index contributed by atoms with van der Waals surface area (Å²) in [6.07, 6.45) is -0.948. The van der Waals surface area contributed by atoms with Crippen molar-refractivity contribution >= 4 is 24.1 Å². The molecule has 0 radical (unpaired) electrons. The molecule has 0 fully saturated rings. The van der Waals surface area contributed by atoms with E-state index in [4.69, 9.17) is 24.7 Å². The molecule has 0 aliphatic heterocycles. The average molecular weight is 510 g/mol. The molecule has 0 amide bonds. The number of benzene rings is 1. The fraction of sp³-hybridized carbons (Fsp3) is 0.615. The van der Waals surface area contributed by atoms with Gasteiger partial charge in [0.05, 0.1) is 11.8 Å². The summed E-state index contributed by atoms with van der Waals surface area (Å²) in [4.78, 5) is 48.4. The van der Waals surface area contributed by atoms with Crippen LogP contribution in [0.5, 0.6) is 11.5 Å². The monoisotopic (exact) mass is 509 g/mol. The Kier molecular flexibility index (Phi) is 11.9. The smallest absolute Gasteiger partial charge is 0.480 e. The van der Waals surface area contributed by atoms with Crippen molar-refractivity contribution in [2.24, 2.45) is 17.6 Å². The predicted molar refractivity (Wildman–Crippen MR) is 132 cm³/mol. The Morgan fingerprint density at radius 2 is 1.42 bits per heavy atom. The molecule has 1 aromatic carbocycles.